The Kier molecular flexibility index (Phi) is 7.08. The zero-order valence-electron chi connectivity index (χ0n) is 20.1. The number of pyridine rings is 1. The van der Waals surface area contributed by atoms with Crippen molar-refractivity contribution in [2.75, 3.05) is 38.0 Å². The number of anilines is 1. The van der Waals surface area contributed by atoms with Gasteiger partial charge in [-0.1, -0.05) is 25.5 Å². The molecular formula is C26H36N6O2. The lowest BCUT2D eigenvalue weighted by Crippen LogP contribution is -2.42. The summed E-state index contributed by atoms with van der Waals surface area (Å²) < 4.78 is 1.89. The van der Waals surface area contributed by atoms with Gasteiger partial charge in [0, 0.05) is 62.3 Å². The van der Waals surface area contributed by atoms with Crippen LogP contribution in [-0.4, -0.2) is 63.4 Å². The lowest BCUT2D eigenvalue weighted by atomic mass is 9.92. The number of nitrogens with zero attached hydrogens (tertiary/aromatic N) is 4. The Morgan fingerprint density at radius 3 is 2.68 bits per heavy atom. The molecule has 1 saturated heterocycles. The molecule has 0 unspecified atom stereocenters. The van der Waals surface area contributed by atoms with Crippen molar-refractivity contribution in [2.45, 2.75) is 64.1 Å². The minimum atomic E-state index is -0.273. The Morgan fingerprint density at radius 1 is 1.12 bits per heavy atom. The van der Waals surface area contributed by atoms with Gasteiger partial charge in [-0.05, 0) is 49.1 Å². The number of hydrogen-bond donors (Lipinski definition) is 3. The van der Waals surface area contributed by atoms with E-state index < -0.39 is 0 Å². The molecule has 5 rings (SSSR count). The Labute approximate surface area is 200 Å². The number of piperazine rings is 1. The second-order valence-electron chi connectivity index (χ2n) is 9.75. The van der Waals surface area contributed by atoms with E-state index in [2.05, 4.69) is 45.6 Å². The summed E-state index contributed by atoms with van der Waals surface area (Å²) in [7, 11) is 0. The molecule has 0 spiro atoms. The summed E-state index contributed by atoms with van der Waals surface area (Å²) in [6.07, 6.45) is 6.72. The van der Waals surface area contributed by atoms with Gasteiger partial charge in [-0.25, -0.2) is 4.98 Å². The van der Waals surface area contributed by atoms with Crippen molar-refractivity contribution >= 4 is 27.8 Å². The SMILES string of the molecule is CCCCNc1ncc2c3ccc(CN4CCNCC4)cc3c(=O)n(C3CCC(O)CC3)c2n1. The van der Waals surface area contributed by atoms with Gasteiger partial charge in [-0.2, -0.15) is 4.98 Å². The second-order valence-corrected chi connectivity index (χ2v) is 9.75. The molecule has 1 saturated carbocycles. The first-order valence-electron chi connectivity index (χ1n) is 12.8. The molecule has 3 N–H and O–H groups in total. The van der Waals surface area contributed by atoms with E-state index in [1.165, 1.54) is 0 Å². The number of unbranched alkanes of at least 4 members (excludes halogenated alkanes) is 1. The maximum atomic E-state index is 13.9. The van der Waals surface area contributed by atoms with Crippen molar-refractivity contribution in [1.82, 2.24) is 24.8 Å². The normalized spacial score (nSPS) is 21.8. The third-order valence-corrected chi connectivity index (χ3v) is 7.28. The molecule has 2 fully saturated rings. The Bertz CT molecular complexity index is 1200. The molecule has 1 aliphatic heterocycles. The number of benzene rings is 1. The largest absolute Gasteiger partial charge is 0.393 e. The van der Waals surface area contributed by atoms with Crippen LogP contribution in [0.2, 0.25) is 0 Å². The molecule has 3 aromatic rings. The highest BCUT2D eigenvalue weighted by Crippen LogP contribution is 2.32. The van der Waals surface area contributed by atoms with Gasteiger partial charge in [0.1, 0.15) is 5.65 Å². The van der Waals surface area contributed by atoms with Gasteiger partial charge < -0.3 is 15.7 Å². The van der Waals surface area contributed by atoms with Gasteiger partial charge in [0.2, 0.25) is 5.95 Å². The summed E-state index contributed by atoms with van der Waals surface area (Å²) in [5.41, 5.74) is 1.88. The highest BCUT2D eigenvalue weighted by Gasteiger charge is 2.25. The molecule has 2 aromatic heterocycles. The molecule has 0 bridgehead atoms. The molecule has 8 heteroatoms. The zero-order valence-corrected chi connectivity index (χ0v) is 20.1. The van der Waals surface area contributed by atoms with Crippen LogP contribution in [0.4, 0.5) is 5.95 Å². The Morgan fingerprint density at radius 2 is 1.91 bits per heavy atom. The highest BCUT2D eigenvalue weighted by molar-refractivity contribution is 6.04. The summed E-state index contributed by atoms with van der Waals surface area (Å²) in [4.78, 5) is 25.8. The lowest BCUT2D eigenvalue weighted by Gasteiger charge is -2.29. The quantitative estimate of drug-likeness (QED) is 0.365. The van der Waals surface area contributed by atoms with Crippen molar-refractivity contribution < 1.29 is 5.11 Å². The minimum absolute atomic E-state index is 0.0178. The number of hydrogen-bond acceptors (Lipinski definition) is 7. The van der Waals surface area contributed by atoms with Gasteiger partial charge in [0.15, 0.2) is 0 Å². The average molecular weight is 465 g/mol. The van der Waals surface area contributed by atoms with Crippen molar-refractivity contribution in [3.8, 4) is 0 Å². The van der Waals surface area contributed by atoms with Crippen LogP contribution < -0.4 is 16.2 Å². The molecule has 34 heavy (non-hydrogen) atoms. The monoisotopic (exact) mass is 464 g/mol. The van der Waals surface area contributed by atoms with Gasteiger partial charge in [0.05, 0.1) is 6.10 Å². The first-order valence-corrected chi connectivity index (χ1v) is 12.8. The number of aliphatic hydroxyl groups is 1. The van der Waals surface area contributed by atoms with Crippen LogP contribution in [0.15, 0.2) is 29.2 Å². The lowest BCUT2D eigenvalue weighted by molar-refractivity contribution is 0.111. The van der Waals surface area contributed by atoms with E-state index in [4.69, 9.17) is 4.98 Å². The van der Waals surface area contributed by atoms with Gasteiger partial charge >= 0.3 is 0 Å². The van der Waals surface area contributed by atoms with Crippen molar-refractivity contribution in [1.29, 1.82) is 0 Å². The average Bonchev–Trinajstić information content (AvgIpc) is 2.86. The van der Waals surface area contributed by atoms with Crippen LogP contribution in [-0.2, 0) is 6.54 Å². The van der Waals surface area contributed by atoms with Crippen molar-refractivity contribution in [3.63, 3.8) is 0 Å². The van der Waals surface area contributed by atoms with E-state index in [9.17, 15) is 9.90 Å². The summed E-state index contributed by atoms with van der Waals surface area (Å²) in [6, 6.07) is 6.32. The first kappa shape index (κ1) is 23.2. The number of aromatic nitrogens is 3. The summed E-state index contributed by atoms with van der Waals surface area (Å²) in [5, 5.41) is 19.3. The highest BCUT2D eigenvalue weighted by atomic mass is 16.3. The molecule has 0 radical (unpaired) electrons. The number of aliphatic hydroxyl groups excluding tert-OH is 1. The predicted octanol–water partition coefficient (Wildman–Crippen LogP) is 3.04. The van der Waals surface area contributed by atoms with Gasteiger partial charge in [0.25, 0.3) is 5.56 Å². The van der Waals surface area contributed by atoms with Crippen molar-refractivity contribution in [2.24, 2.45) is 0 Å². The van der Waals surface area contributed by atoms with E-state index in [-0.39, 0.29) is 17.7 Å². The first-order chi connectivity index (χ1) is 16.6. The van der Waals surface area contributed by atoms with E-state index >= 15 is 0 Å². The second kappa shape index (κ2) is 10.4. The fourth-order valence-electron chi connectivity index (χ4n) is 5.32. The van der Waals surface area contributed by atoms with Gasteiger partial charge in [-0.3, -0.25) is 14.3 Å². The summed E-state index contributed by atoms with van der Waals surface area (Å²) >= 11 is 0. The fourth-order valence-corrected chi connectivity index (χ4v) is 5.32. The molecule has 0 amide bonds. The fraction of sp³-hybridized carbons (Fsp3) is 0.577. The standard InChI is InChI=1S/C26H36N6O2/c1-2-3-10-28-26-29-16-23-21-9-4-18(17-31-13-11-27-12-14-31)15-22(21)25(34)32(24(23)30-26)19-5-7-20(33)8-6-19/h4,9,15-16,19-20,27,33H,2-3,5-8,10-14,17H2,1H3,(H,28,29,30). The maximum Gasteiger partial charge on any atom is 0.260 e. The zero-order chi connectivity index (χ0) is 23.5. The van der Waals surface area contributed by atoms with E-state index in [0.29, 0.717) is 24.4 Å². The van der Waals surface area contributed by atoms with Crippen molar-refractivity contribution in [3.05, 3.63) is 40.3 Å². The number of nitrogens with one attached hydrogen (secondary N) is 2. The minimum Gasteiger partial charge on any atom is -0.393 e. The molecule has 2 aliphatic rings. The van der Waals surface area contributed by atoms with E-state index in [1.54, 1.807) is 0 Å². The molecule has 1 aromatic carbocycles. The Hall–Kier alpha value is -2.55. The third kappa shape index (κ3) is 4.80. The molecule has 8 nitrogen and oxygen atoms in total. The topological polar surface area (TPSA) is 95.3 Å². The third-order valence-electron chi connectivity index (χ3n) is 7.28. The van der Waals surface area contributed by atoms with Crippen LogP contribution >= 0.6 is 0 Å². The molecular weight excluding hydrogens is 428 g/mol. The molecule has 3 heterocycles. The number of fused-ring (bicyclic) bond motifs is 3. The predicted molar refractivity (Wildman–Crippen MR) is 136 cm³/mol. The smallest absolute Gasteiger partial charge is 0.260 e. The Balaban J connectivity index is 1.60. The van der Waals surface area contributed by atoms with Crippen LogP contribution in [0, 0.1) is 0 Å². The van der Waals surface area contributed by atoms with Crippen LogP contribution in [0.1, 0.15) is 57.1 Å². The molecule has 182 valence electrons. The van der Waals surface area contributed by atoms with E-state index in [1.807, 2.05) is 10.8 Å². The van der Waals surface area contributed by atoms with Crippen LogP contribution in [0.25, 0.3) is 21.8 Å². The number of rotatable bonds is 7. The summed E-state index contributed by atoms with van der Waals surface area (Å²) in [5.74, 6) is 0.569. The van der Waals surface area contributed by atoms with Crippen LogP contribution in [0.3, 0.4) is 0 Å². The maximum absolute atomic E-state index is 13.9. The van der Waals surface area contributed by atoms with E-state index in [0.717, 1.165) is 86.7 Å². The summed E-state index contributed by atoms with van der Waals surface area (Å²) in [6.45, 7) is 7.86. The molecule has 0 atom stereocenters. The molecule has 1 aliphatic carbocycles. The van der Waals surface area contributed by atoms with Crippen LogP contribution in [0.5, 0.6) is 0 Å². The van der Waals surface area contributed by atoms with Gasteiger partial charge in [-0.15, -0.1) is 0 Å².